The number of hydrogen-bond acceptors (Lipinski definition) is 19. The Kier molecular flexibility index (Phi) is 20.1. The Morgan fingerprint density at radius 2 is 1.31 bits per heavy atom. The van der Waals surface area contributed by atoms with Crippen LogP contribution in [-0.4, -0.2) is 170 Å². The normalized spacial score (nSPS) is 19.6. The molecule has 5 aromatic rings. The Balaban J connectivity index is 0.566. The van der Waals surface area contributed by atoms with Crippen molar-refractivity contribution in [2.24, 2.45) is 21.7 Å². The van der Waals surface area contributed by atoms with Crippen LogP contribution in [0.2, 0.25) is 0 Å². The Morgan fingerprint density at radius 3 is 2.01 bits per heavy atom. The van der Waals surface area contributed by atoms with Crippen molar-refractivity contribution in [2.75, 3.05) is 68.7 Å². The molecule has 5 atom stereocenters. The van der Waals surface area contributed by atoms with Gasteiger partial charge in [-0.15, -0.1) is 5.53 Å². The molecule has 1 unspecified atom stereocenters. The van der Waals surface area contributed by atoms with Crippen LogP contribution in [0.3, 0.4) is 0 Å². The van der Waals surface area contributed by atoms with Crippen LogP contribution in [-0.2, 0) is 46.7 Å². The number of nitrogens with zero attached hydrogens (tertiary/aromatic N) is 6. The number of aliphatic imine (C=N–C) groups is 1. The molecule has 8 N–H and O–H groups in total. The van der Waals surface area contributed by atoms with E-state index in [1.54, 1.807) is 60.0 Å². The molecule has 28 nitrogen and oxygen atoms in total. The molecule has 4 fully saturated rings. The predicted octanol–water partition coefficient (Wildman–Crippen LogP) is 6.43. The van der Waals surface area contributed by atoms with E-state index in [0.29, 0.717) is 59.1 Å². The van der Waals surface area contributed by atoms with Crippen LogP contribution >= 0.6 is 0 Å². The molecule has 2 saturated carbocycles. The second-order valence-corrected chi connectivity index (χ2v) is 28.5. The molecule has 6 aliphatic heterocycles. The summed E-state index contributed by atoms with van der Waals surface area (Å²) in [4.78, 5) is 134. The lowest BCUT2D eigenvalue weighted by Crippen LogP contribution is -2.55. The largest absolute Gasteiger partial charge is 0.493 e. The Morgan fingerprint density at radius 1 is 0.670 bits per heavy atom. The second-order valence-electron chi connectivity index (χ2n) is 28.5. The highest BCUT2D eigenvalue weighted by molar-refractivity contribution is 6.07. The Hall–Kier alpha value is -10.7. The molecule has 5 aromatic carbocycles. The van der Waals surface area contributed by atoms with Gasteiger partial charge in [-0.05, 0) is 118 Å². The van der Waals surface area contributed by atoms with E-state index in [9.17, 15) is 48.3 Å². The summed E-state index contributed by atoms with van der Waals surface area (Å²) in [6.07, 6.45) is 4.87. The third-order valence-electron chi connectivity index (χ3n) is 20.5. The van der Waals surface area contributed by atoms with Gasteiger partial charge in [-0.1, -0.05) is 68.4 Å². The molecule has 0 radical (unpaired) electrons. The number of carbonyl (C=O) groups is 9. The van der Waals surface area contributed by atoms with Gasteiger partial charge in [-0.3, -0.25) is 48.4 Å². The fourth-order valence-electron chi connectivity index (χ4n) is 14.5. The molecule has 2 aliphatic carbocycles. The lowest BCUT2D eigenvalue weighted by molar-refractivity contribution is -0.132. The van der Waals surface area contributed by atoms with Crippen LogP contribution in [0.25, 0.3) is 11.4 Å². The smallest absolute Gasteiger partial charge is 0.416 e. The van der Waals surface area contributed by atoms with E-state index in [1.807, 2.05) is 59.6 Å². The highest BCUT2D eigenvalue weighted by Crippen LogP contribution is 2.58. The predicted molar refractivity (Wildman–Crippen MR) is 379 cm³/mol. The first-order chi connectivity index (χ1) is 49.5. The van der Waals surface area contributed by atoms with E-state index in [2.05, 4.69) is 56.4 Å². The molecule has 13 rings (SSSR count). The Labute approximate surface area is 596 Å². The number of para-hydroxylation sites is 1. The molecule has 103 heavy (non-hydrogen) atoms. The van der Waals surface area contributed by atoms with E-state index in [1.165, 1.54) is 33.3 Å². The van der Waals surface area contributed by atoms with Crippen LogP contribution in [0.1, 0.15) is 135 Å². The second kappa shape index (κ2) is 29.3. The summed E-state index contributed by atoms with van der Waals surface area (Å²) in [7, 11) is 2.96. The number of fused-ring (bicyclic) bond motifs is 8. The maximum Gasteiger partial charge on any atom is 0.416 e. The summed E-state index contributed by atoms with van der Waals surface area (Å²) in [5, 5.41) is 27.2. The molecule has 9 amide bonds. The van der Waals surface area contributed by atoms with Crippen molar-refractivity contribution < 1.29 is 71.9 Å². The zero-order valence-electron chi connectivity index (χ0n) is 58.7. The summed E-state index contributed by atoms with van der Waals surface area (Å²) in [6, 6.07) is 25.4. The van der Waals surface area contributed by atoms with E-state index in [4.69, 9.17) is 28.7 Å². The summed E-state index contributed by atoms with van der Waals surface area (Å²) in [5.74, 6) is -3.15. The molecule has 2 saturated heterocycles. The van der Waals surface area contributed by atoms with Crippen LogP contribution in [0, 0.1) is 16.7 Å². The topological polar surface area (TPSA) is 333 Å². The van der Waals surface area contributed by atoms with Gasteiger partial charge in [-0.2, -0.15) is 0 Å². The minimum atomic E-state index is -1.49. The number of rotatable bonds is 24. The molecule has 2 spiro atoms. The van der Waals surface area contributed by atoms with Crippen LogP contribution in [0.5, 0.6) is 23.0 Å². The number of hydrogen-bond donors (Lipinski definition) is 8. The molecule has 6 heterocycles. The average Bonchev–Trinajstić information content (AvgIpc) is 1.59. The van der Waals surface area contributed by atoms with Crippen molar-refractivity contribution in [3.63, 3.8) is 0 Å². The zero-order valence-corrected chi connectivity index (χ0v) is 58.7. The van der Waals surface area contributed by atoms with Crippen molar-refractivity contribution in [3.05, 3.63) is 130 Å². The molecule has 0 bridgehead atoms. The number of hydrazine groups is 2. The maximum atomic E-state index is 14.5. The minimum absolute atomic E-state index is 0.0484. The van der Waals surface area contributed by atoms with Gasteiger partial charge in [-0.25, -0.2) is 9.69 Å². The van der Waals surface area contributed by atoms with Crippen molar-refractivity contribution in [1.29, 1.82) is 0 Å². The number of ether oxygens (including phenoxy) is 5. The molecule has 8 aliphatic rings. The van der Waals surface area contributed by atoms with Crippen molar-refractivity contribution in [3.8, 4) is 23.0 Å². The summed E-state index contributed by atoms with van der Waals surface area (Å²) < 4.78 is 29.8. The highest BCUT2D eigenvalue weighted by atomic mass is 16.6. The van der Waals surface area contributed by atoms with Crippen molar-refractivity contribution in [2.45, 2.75) is 142 Å². The van der Waals surface area contributed by atoms with Crippen molar-refractivity contribution in [1.82, 2.24) is 47.0 Å². The molecular formula is C75H87N13O15. The fourth-order valence-corrected chi connectivity index (χ4v) is 14.5. The number of benzene rings is 5. The van der Waals surface area contributed by atoms with Crippen LogP contribution in [0.4, 0.5) is 27.5 Å². The molecule has 28 heteroatoms. The lowest BCUT2D eigenvalue weighted by Gasteiger charge is -2.31. The Bertz CT molecular complexity index is 4260. The number of methoxy groups -OCH3 is 2. The zero-order chi connectivity index (χ0) is 72.6. The number of amides is 9. The standard InChI is InChI=1S/C75H87N13O15/c1-42(2)65(81-63(91)37-78-62(90)36-77-61(89)21-22-64(92)84-38-46-13-8-9-14-49(46)67-66(82-83-88(67)43(3)4)50-15-10-11-16-54(50)84)69(94)79-44(5)68(93)80-47-19-17-45(18-20-47)39-103-73(98)87-55-32-60(58(100-7)30-52(55)71(96)86-41-75(25-26-75)34-56(86)72(87)97)102-28-12-27-101-59-31-53-51(29-57(59)99-6)70(95)85-40-74(23-24-74)33-48(85)35-76-53/h8-11,13-20,29-32,35,42-44,48,56,65,72,82-83,97H,12,21-28,33-34,36-41H2,1-7H3,(H,77,89)(H,78,90)(H,79,94)(H,80,93)(H,81,91)/t44-,48-,56-,65-,72?/m0/s1. The highest BCUT2D eigenvalue weighted by Gasteiger charge is 2.58. The summed E-state index contributed by atoms with van der Waals surface area (Å²) >= 11 is 0. The van der Waals surface area contributed by atoms with Gasteiger partial charge in [0.2, 0.25) is 35.4 Å². The molecular weight excluding hydrogens is 1320 g/mol. The van der Waals surface area contributed by atoms with Gasteiger partial charge in [0.05, 0.1) is 98.7 Å². The quantitative estimate of drug-likeness (QED) is 0.0308. The van der Waals surface area contributed by atoms with Gasteiger partial charge in [0.25, 0.3) is 11.8 Å². The van der Waals surface area contributed by atoms with Crippen molar-refractivity contribution >= 4 is 93.7 Å². The summed E-state index contributed by atoms with van der Waals surface area (Å²) in [5.41, 5.74) is 13.8. The van der Waals surface area contributed by atoms with E-state index >= 15 is 0 Å². The average molecular weight is 1410 g/mol. The first kappa shape index (κ1) is 70.7. The van der Waals surface area contributed by atoms with Gasteiger partial charge in [0.15, 0.2) is 29.2 Å². The van der Waals surface area contributed by atoms with E-state index in [-0.39, 0.29) is 103 Å². The first-order valence-corrected chi connectivity index (χ1v) is 35.1. The van der Waals surface area contributed by atoms with E-state index < -0.39 is 79.0 Å². The van der Waals surface area contributed by atoms with Crippen LogP contribution in [0.15, 0.2) is 102 Å². The van der Waals surface area contributed by atoms with Crippen LogP contribution < -0.4 is 66.3 Å². The number of anilines is 3. The van der Waals surface area contributed by atoms with Gasteiger partial charge in [0.1, 0.15) is 18.7 Å². The fraction of sp³-hybridized carbons (Fsp3) is 0.440. The van der Waals surface area contributed by atoms with Gasteiger partial charge < -0.3 is 75.5 Å². The first-order valence-electron chi connectivity index (χ1n) is 35.1. The van der Waals surface area contributed by atoms with Gasteiger partial charge in [0, 0.05) is 73.6 Å². The molecule has 542 valence electrons. The SMILES string of the molecule is COc1cc2c(cc1OCCCOc1cc3c(cc1OC)C(=O)N1CC4(CC4)C[C@H]1C(O)N3C(=O)OCc1ccc(NC(=O)[C@H](C)NC(=O)[C@@H](NC(=O)CNC(=O)CNC(=O)CCC(=O)N3Cc4ccccc4C4=C(NNN4C(C)C)c4ccccc43)C(C)C)cc1)N=C[C@@H]1CC3(CC3)CN1C2=O. The third-order valence-corrected chi connectivity index (χ3v) is 20.5. The number of aliphatic hydroxyl groups excluding tert-OH is 1. The van der Waals surface area contributed by atoms with Gasteiger partial charge >= 0.3 is 6.09 Å². The number of aliphatic hydroxyl groups is 1. The number of carbonyl (C=O) groups excluding carboxylic acids is 9. The minimum Gasteiger partial charge on any atom is -0.493 e. The number of nitrogens with one attached hydrogen (secondary N) is 7. The molecule has 0 aromatic heterocycles. The maximum absolute atomic E-state index is 14.5. The lowest BCUT2D eigenvalue weighted by atomic mass is 9.95. The summed E-state index contributed by atoms with van der Waals surface area (Å²) in [6.45, 7) is 9.43. The van der Waals surface area contributed by atoms with E-state index in [0.717, 1.165) is 71.6 Å². The monoisotopic (exact) mass is 1410 g/mol. The third kappa shape index (κ3) is 14.9.